The molecular weight excluding hydrogens is 284 g/mol. The molecule has 3 rings (SSSR count). The molecule has 22 heavy (non-hydrogen) atoms. The Hall–Kier alpha value is -3.29. The van der Waals surface area contributed by atoms with E-state index in [1.165, 1.54) is 16.9 Å². The van der Waals surface area contributed by atoms with E-state index in [4.69, 9.17) is 0 Å². The van der Waals surface area contributed by atoms with E-state index in [0.29, 0.717) is 18.1 Å². The van der Waals surface area contributed by atoms with Crippen LogP contribution in [0.5, 0.6) is 0 Å². The van der Waals surface area contributed by atoms with Crippen LogP contribution in [0.2, 0.25) is 0 Å². The normalized spacial score (nSPS) is 10.4. The molecule has 3 aromatic rings. The molecule has 0 fully saturated rings. The maximum absolute atomic E-state index is 10.6. The van der Waals surface area contributed by atoms with E-state index in [9.17, 15) is 10.1 Å². The minimum absolute atomic E-state index is 0.0295. The van der Waals surface area contributed by atoms with Crippen LogP contribution in [0.3, 0.4) is 0 Å². The van der Waals surface area contributed by atoms with Gasteiger partial charge in [0, 0.05) is 23.4 Å². The van der Waals surface area contributed by atoms with Gasteiger partial charge in [-0.1, -0.05) is 18.2 Å². The number of nitro benzene ring substituents is 1. The SMILES string of the molecule is O=[N+]([O-])c1ccc(-c2nnn(CNc3ccccc3)n2)cc1. The predicted molar refractivity (Wildman–Crippen MR) is 80.0 cm³/mol. The number of nitro groups is 1. The van der Waals surface area contributed by atoms with E-state index in [1.807, 2.05) is 30.3 Å². The Kier molecular flexibility index (Phi) is 3.73. The second kappa shape index (κ2) is 6.00. The molecule has 0 aliphatic heterocycles. The summed E-state index contributed by atoms with van der Waals surface area (Å²) in [5, 5.41) is 25.9. The minimum Gasteiger partial charge on any atom is -0.365 e. The van der Waals surface area contributed by atoms with Crippen LogP contribution in [0.25, 0.3) is 11.4 Å². The fourth-order valence-corrected chi connectivity index (χ4v) is 1.88. The number of hydrogen-bond donors (Lipinski definition) is 1. The molecule has 0 saturated heterocycles. The van der Waals surface area contributed by atoms with Crippen LogP contribution < -0.4 is 5.32 Å². The number of hydrogen-bond acceptors (Lipinski definition) is 6. The molecule has 2 aromatic carbocycles. The summed E-state index contributed by atoms with van der Waals surface area (Å²) in [6, 6.07) is 15.7. The van der Waals surface area contributed by atoms with E-state index >= 15 is 0 Å². The first-order valence-electron chi connectivity index (χ1n) is 6.54. The first-order chi connectivity index (χ1) is 10.7. The Morgan fingerprint density at radius 3 is 2.50 bits per heavy atom. The number of benzene rings is 2. The van der Waals surface area contributed by atoms with Crippen molar-refractivity contribution in [2.24, 2.45) is 0 Å². The standard InChI is InChI=1S/C14H12N6O2/c21-20(22)13-8-6-11(7-9-13)14-16-18-19(17-14)10-15-12-4-2-1-3-5-12/h1-9,15H,10H2. The van der Waals surface area contributed by atoms with Gasteiger partial charge in [-0.25, -0.2) is 0 Å². The molecule has 0 aliphatic rings. The molecule has 1 aromatic heterocycles. The highest BCUT2D eigenvalue weighted by molar-refractivity contribution is 5.56. The van der Waals surface area contributed by atoms with Crippen LogP contribution in [-0.4, -0.2) is 25.1 Å². The summed E-state index contributed by atoms with van der Waals surface area (Å²) in [6.45, 7) is 0.379. The number of nitrogens with zero attached hydrogens (tertiary/aromatic N) is 5. The van der Waals surface area contributed by atoms with Crippen molar-refractivity contribution in [2.45, 2.75) is 6.67 Å². The molecule has 1 N–H and O–H groups in total. The number of non-ortho nitro benzene ring substituents is 1. The van der Waals surface area contributed by atoms with Crippen molar-refractivity contribution < 1.29 is 4.92 Å². The molecule has 110 valence electrons. The van der Waals surface area contributed by atoms with E-state index in [2.05, 4.69) is 20.7 Å². The second-order valence-corrected chi connectivity index (χ2v) is 4.49. The van der Waals surface area contributed by atoms with Gasteiger partial charge in [0.1, 0.15) is 6.67 Å². The minimum atomic E-state index is -0.447. The van der Waals surface area contributed by atoms with Gasteiger partial charge in [0.25, 0.3) is 5.69 Å². The second-order valence-electron chi connectivity index (χ2n) is 4.49. The molecule has 0 spiro atoms. The molecule has 1 heterocycles. The van der Waals surface area contributed by atoms with E-state index in [0.717, 1.165) is 5.69 Å². The lowest BCUT2D eigenvalue weighted by Gasteiger charge is -2.03. The average molecular weight is 296 g/mol. The lowest BCUT2D eigenvalue weighted by atomic mass is 10.2. The largest absolute Gasteiger partial charge is 0.365 e. The molecular formula is C14H12N6O2. The van der Waals surface area contributed by atoms with Gasteiger partial charge in [-0.15, -0.1) is 15.0 Å². The maximum Gasteiger partial charge on any atom is 0.269 e. The summed E-state index contributed by atoms with van der Waals surface area (Å²) in [5.41, 5.74) is 1.66. The van der Waals surface area contributed by atoms with Crippen LogP contribution in [-0.2, 0) is 6.67 Å². The number of nitrogens with one attached hydrogen (secondary N) is 1. The fraction of sp³-hybridized carbons (Fsp3) is 0.0714. The van der Waals surface area contributed by atoms with Crippen LogP contribution in [0, 0.1) is 10.1 Å². The van der Waals surface area contributed by atoms with Gasteiger partial charge in [0.05, 0.1) is 4.92 Å². The van der Waals surface area contributed by atoms with Gasteiger partial charge in [-0.2, -0.15) is 0 Å². The molecule has 0 radical (unpaired) electrons. The van der Waals surface area contributed by atoms with Gasteiger partial charge in [0.2, 0.25) is 5.82 Å². The van der Waals surface area contributed by atoms with Crippen LogP contribution in [0.4, 0.5) is 11.4 Å². The zero-order valence-corrected chi connectivity index (χ0v) is 11.5. The third-order valence-corrected chi connectivity index (χ3v) is 2.99. The van der Waals surface area contributed by atoms with Crippen molar-refractivity contribution in [3.8, 4) is 11.4 Å². The maximum atomic E-state index is 10.6. The molecule has 8 nitrogen and oxygen atoms in total. The quantitative estimate of drug-likeness (QED) is 0.573. The van der Waals surface area contributed by atoms with Crippen molar-refractivity contribution in [1.82, 2.24) is 20.2 Å². The Morgan fingerprint density at radius 2 is 1.82 bits per heavy atom. The Labute approximate surface area is 125 Å². The smallest absolute Gasteiger partial charge is 0.269 e. The summed E-state index contributed by atoms with van der Waals surface area (Å²) in [4.78, 5) is 11.6. The van der Waals surface area contributed by atoms with Gasteiger partial charge in [-0.3, -0.25) is 10.1 Å². The number of para-hydroxylation sites is 1. The van der Waals surface area contributed by atoms with E-state index in [1.54, 1.807) is 12.1 Å². The predicted octanol–water partition coefficient (Wildman–Crippen LogP) is 2.32. The monoisotopic (exact) mass is 296 g/mol. The third-order valence-electron chi connectivity index (χ3n) is 2.99. The molecule has 0 aliphatic carbocycles. The topological polar surface area (TPSA) is 98.8 Å². The summed E-state index contributed by atoms with van der Waals surface area (Å²) in [6.07, 6.45) is 0. The van der Waals surface area contributed by atoms with Crippen molar-refractivity contribution in [3.63, 3.8) is 0 Å². The summed E-state index contributed by atoms with van der Waals surface area (Å²) in [5.74, 6) is 0.421. The van der Waals surface area contributed by atoms with Gasteiger partial charge < -0.3 is 5.32 Å². The lowest BCUT2D eigenvalue weighted by Crippen LogP contribution is -2.11. The molecule has 0 bridgehead atoms. The highest BCUT2D eigenvalue weighted by atomic mass is 16.6. The third kappa shape index (κ3) is 3.06. The zero-order chi connectivity index (χ0) is 15.4. The van der Waals surface area contributed by atoms with E-state index < -0.39 is 4.92 Å². The van der Waals surface area contributed by atoms with Gasteiger partial charge >= 0.3 is 0 Å². The lowest BCUT2D eigenvalue weighted by molar-refractivity contribution is -0.384. The Bertz CT molecular complexity index is 770. The molecule has 8 heteroatoms. The van der Waals surface area contributed by atoms with Crippen molar-refractivity contribution >= 4 is 11.4 Å². The average Bonchev–Trinajstić information content (AvgIpc) is 3.03. The summed E-state index contributed by atoms with van der Waals surface area (Å²) in [7, 11) is 0. The Balaban J connectivity index is 1.69. The molecule has 0 saturated carbocycles. The van der Waals surface area contributed by atoms with Crippen LogP contribution in [0.15, 0.2) is 54.6 Å². The zero-order valence-electron chi connectivity index (χ0n) is 11.5. The molecule has 0 atom stereocenters. The highest BCUT2D eigenvalue weighted by Gasteiger charge is 2.09. The number of rotatable bonds is 5. The van der Waals surface area contributed by atoms with Gasteiger partial charge in [0.15, 0.2) is 0 Å². The van der Waals surface area contributed by atoms with Crippen LogP contribution in [0.1, 0.15) is 0 Å². The number of aromatic nitrogens is 4. The van der Waals surface area contributed by atoms with Crippen molar-refractivity contribution in [2.75, 3.05) is 5.32 Å². The highest BCUT2D eigenvalue weighted by Crippen LogP contribution is 2.18. The van der Waals surface area contributed by atoms with Gasteiger partial charge in [-0.05, 0) is 29.5 Å². The Morgan fingerprint density at radius 1 is 1.09 bits per heavy atom. The number of anilines is 1. The molecule has 0 unspecified atom stereocenters. The van der Waals surface area contributed by atoms with Crippen molar-refractivity contribution in [1.29, 1.82) is 0 Å². The summed E-state index contributed by atoms with van der Waals surface area (Å²) < 4.78 is 0. The molecule has 0 amide bonds. The fourth-order valence-electron chi connectivity index (χ4n) is 1.88. The summed E-state index contributed by atoms with van der Waals surface area (Å²) >= 11 is 0. The first-order valence-corrected chi connectivity index (χ1v) is 6.54. The van der Waals surface area contributed by atoms with Crippen LogP contribution >= 0.6 is 0 Å². The van der Waals surface area contributed by atoms with E-state index in [-0.39, 0.29) is 5.69 Å². The first kappa shape index (κ1) is 13.7. The van der Waals surface area contributed by atoms with Crippen molar-refractivity contribution in [3.05, 3.63) is 64.7 Å². The number of tetrazole rings is 1.